The minimum absolute atomic E-state index is 0.207. The Morgan fingerprint density at radius 1 is 1.18 bits per heavy atom. The zero-order valence-corrected chi connectivity index (χ0v) is 17.4. The Balaban J connectivity index is 1.14. The second-order valence-corrected chi connectivity index (χ2v) is 7.41. The van der Waals surface area contributed by atoms with Gasteiger partial charge in [0.1, 0.15) is 23.7 Å². The van der Waals surface area contributed by atoms with Crippen LogP contribution in [-0.2, 0) is 4.84 Å². The van der Waals surface area contributed by atoms with Crippen LogP contribution >= 0.6 is 0 Å². The molecule has 1 N–H and O–H groups in total. The van der Waals surface area contributed by atoms with Crippen molar-refractivity contribution in [2.45, 2.75) is 12.5 Å². The minimum atomic E-state index is -0.560. The fourth-order valence-electron chi connectivity index (χ4n) is 3.44. The number of halogens is 1. The van der Waals surface area contributed by atoms with Crippen molar-refractivity contribution < 1.29 is 18.8 Å². The fraction of sp³-hybridized carbons (Fsp3) is 0.174. The number of rotatable bonds is 7. The largest absolute Gasteiger partial charge is 0.487 e. The normalized spacial score (nSPS) is 15.2. The van der Waals surface area contributed by atoms with Gasteiger partial charge in [-0.05, 0) is 36.4 Å². The van der Waals surface area contributed by atoms with E-state index < -0.39 is 5.95 Å². The van der Waals surface area contributed by atoms with Gasteiger partial charge in [-0.15, -0.1) is 0 Å². The van der Waals surface area contributed by atoms with Crippen LogP contribution in [0, 0.1) is 5.95 Å². The summed E-state index contributed by atoms with van der Waals surface area (Å²) < 4.78 is 20.8. The van der Waals surface area contributed by atoms with Gasteiger partial charge in [-0.3, -0.25) is 9.78 Å². The SMILES string of the molecule is O=C(NCC1=NOC(COc2cccnc2-c2ccc(F)nc2)C1)c1ccc2nccn2c1. The van der Waals surface area contributed by atoms with Crippen LogP contribution in [0.3, 0.4) is 0 Å². The molecule has 0 radical (unpaired) electrons. The maximum Gasteiger partial charge on any atom is 0.253 e. The Hall–Kier alpha value is -4.34. The highest BCUT2D eigenvalue weighted by molar-refractivity contribution is 5.98. The van der Waals surface area contributed by atoms with Crippen LogP contribution in [-0.4, -0.2) is 50.2 Å². The number of fused-ring (bicyclic) bond motifs is 1. The topological polar surface area (TPSA) is 103 Å². The number of hydrogen-bond donors (Lipinski definition) is 1. The van der Waals surface area contributed by atoms with Crippen LogP contribution in [0.25, 0.3) is 16.9 Å². The molecule has 1 aliphatic heterocycles. The molecule has 1 aliphatic rings. The van der Waals surface area contributed by atoms with Crippen molar-refractivity contribution in [3.8, 4) is 17.0 Å². The molecular formula is C23H19FN6O3. The zero-order valence-electron chi connectivity index (χ0n) is 17.4. The molecule has 1 unspecified atom stereocenters. The third kappa shape index (κ3) is 4.64. The van der Waals surface area contributed by atoms with Crippen LogP contribution in [0.15, 0.2) is 72.5 Å². The van der Waals surface area contributed by atoms with Crippen molar-refractivity contribution in [2.75, 3.05) is 13.2 Å². The molecule has 9 nitrogen and oxygen atoms in total. The van der Waals surface area contributed by atoms with Crippen molar-refractivity contribution in [3.63, 3.8) is 0 Å². The summed E-state index contributed by atoms with van der Waals surface area (Å²) in [5.74, 6) is -0.234. The first-order valence-electron chi connectivity index (χ1n) is 10.3. The van der Waals surface area contributed by atoms with Gasteiger partial charge in [0, 0.05) is 43.0 Å². The van der Waals surface area contributed by atoms with Gasteiger partial charge >= 0.3 is 0 Å². The van der Waals surface area contributed by atoms with E-state index in [0.29, 0.717) is 29.0 Å². The summed E-state index contributed by atoms with van der Waals surface area (Å²) in [6.07, 6.45) is 8.45. The van der Waals surface area contributed by atoms with Crippen molar-refractivity contribution in [1.82, 2.24) is 24.7 Å². The maximum absolute atomic E-state index is 13.1. The van der Waals surface area contributed by atoms with E-state index in [4.69, 9.17) is 9.57 Å². The monoisotopic (exact) mass is 446 g/mol. The summed E-state index contributed by atoms with van der Waals surface area (Å²) in [5.41, 5.74) is 3.23. The van der Waals surface area contributed by atoms with Crippen LogP contribution in [0.1, 0.15) is 16.8 Å². The van der Waals surface area contributed by atoms with Crippen LogP contribution in [0.4, 0.5) is 4.39 Å². The number of carbonyl (C=O) groups excluding carboxylic acids is 1. The van der Waals surface area contributed by atoms with Crippen molar-refractivity contribution in [2.24, 2.45) is 5.16 Å². The van der Waals surface area contributed by atoms with E-state index >= 15 is 0 Å². The van der Waals surface area contributed by atoms with Crippen molar-refractivity contribution >= 4 is 17.3 Å². The number of carbonyl (C=O) groups is 1. The molecule has 5 heterocycles. The molecule has 0 saturated carbocycles. The summed E-state index contributed by atoms with van der Waals surface area (Å²) in [6, 6.07) is 9.91. The molecule has 33 heavy (non-hydrogen) atoms. The van der Waals surface area contributed by atoms with E-state index in [-0.39, 0.29) is 25.2 Å². The summed E-state index contributed by atoms with van der Waals surface area (Å²) >= 11 is 0. The molecule has 1 atom stereocenters. The molecule has 0 spiro atoms. The molecule has 10 heteroatoms. The minimum Gasteiger partial charge on any atom is -0.487 e. The Labute approximate surface area is 187 Å². The Kier molecular flexibility index (Phi) is 5.62. The van der Waals surface area contributed by atoms with Gasteiger partial charge in [-0.1, -0.05) is 5.16 Å². The Morgan fingerprint density at radius 2 is 2.12 bits per heavy atom. The molecule has 0 aromatic carbocycles. The van der Waals surface area contributed by atoms with Gasteiger partial charge in [0.25, 0.3) is 5.91 Å². The number of hydrogen-bond acceptors (Lipinski definition) is 7. The third-order valence-corrected chi connectivity index (χ3v) is 5.09. The summed E-state index contributed by atoms with van der Waals surface area (Å²) in [5, 5.41) is 6.92. The number of oxime groups is 1. The highest BCUT2D eigenvalue weighted by Gasteiger charge is 2.23. The van der Waals surface area contributed by atoms with Gasteiger partial charge in [0.05, 0.1) is 17.8 Å². The number of pyridine rings is 3. The lowest BCUT2D eigenvalue weighted by Crippen LogP contribution is -2.30. The lowest BCUT2D eigenvalue weighted by Gasteiger charge is -2.13. The number of ether oxygens (including phenoxy) is 1. The molecule has 4 aromatic rings. The first-order valence-corrected chi connectivity index (χ1v) is 10.3. The smallest absolute Gasteiger partial charge is 0.253 e. The molecule has 166 valence electrons. The average molecular weight is 446 g/mol. The molecule has 4 aromatic heterocycles. The van der Waals surface area contributed by atoms with Gasteiger partial charge in [0.2, 0.25) is 5.95 Å². The highest BCUT2D eigenvalue weighted by atomic mass is 19.1. The highest BCUT2D eigenvalue weighted by Crippen LogP contribution is 2.27. The van der Waals surface area contributed by atoms with E-state index in [1.54, 1.807) is 59.5 Å². The van der Waals surface area contributed by atoms with E-state index in [9.17, 15) is 9.18 Å². The Morgan fingerprint density at radius 3 is 3.00 bits per heavy atom. The van der Waals surface area contributed by atoms with Crippen LogP contribution in [0.5, 0.6) is 5.75 Å². The van der Waals surface area contributed by atoms with Crippen molar-refractivity contribution in [3.05, 3.63) is 78.9 Å². The second kappa shape index (κ2) is 9.03. The summed E-state index contributed by atoms with van der Waals surface area (Å²) in [4.78, 5) is 30.1. The molecule has 0 aliphatic carbocycles. The summed E-state index contributed by atoms with van der Waals surface area (Å²) in [7, 11) is 0. The number of aromatic nitrogens is 4. The molecule has 1 amide bonds. The van der Waals surface area contributed by atoms with Crippen molar-refractivity contribution in [1.29, 1.82) is 0 Å². The van der Waals surface area contributed by atoms with Gasteiger partial charge in [0.15, 0.2) is 6.10 Å². The van der Waals surface area contributed by atoms with Gasteiger partial charge < -0.3 is 19.3 Å². The predicted molar refractivity (Wildman–Crippen MR) is 117 cm³/mol. The summed E-state index contributed by atoms with van der Waals surface area (Å²) in [6.45, 7) is 0.516. The lowest BCUT2D eigenvalue weighted by molar-refractivity contribution is 0.0471. The van der Waals surface area contributed by atoms with E-state index in [2.05, 4.69) is 25.4 Å². The molecule has 5 rings (SSSR count). The predicted octanol–water partition coefficient (Wildman–Crippen LogP) is 2.88. The number of nitrogens with zero attached hydrogens (tertiary/aromatic N) is 5. The standard InChI is InChI=1S/C23H19FN6O3/c24-20-5-3-15(11-27-20)22-19(2-1-7-26-22)32-14-18-10-17(29-33-18)12-28-23(31)16-4-6-21-25-8-9-30(21)13-16/h1-9,11,13,18H,10,12,14H2,(H,28,31). The fourth-order valence-corrected chi connectivity index (χ4v) is 3.44. The first-order chi connectivity index (χ1) is 16.2. The third-order valence-electron chi connectivity index (χ3n) is 5.09. The maximum atomic E-state index is 13.1. The zero-order chi connectivity index (χ0) is 22.6. The molecule has 0 fully saturated rings. The number of imidazole rings is 1. The van der Waals surface area contributed by atoms with Gasteiger partial charge in [-0.25, -0.2) is 9.97 Å². The Bertz CT molecular complexity index is 1320. The number of amides is 1. The molecular weight excluding hydrogens is 427 g/mol. The second-order valence-electron chi connectivity index (χ2n) is 7.41. The number of nitrogens with one attached hydrogen (secondary N) is 1. The average Bonchev–Trinajstić information content (AvgIpc) is 3.51. The van der Waals surface area contributed by atoms with Crippen LogP contribution < -0.4 is 10.1 Å². The first kappa shape index (κ1) is 20.6. The molecule has 0 bridgehead atoms. The van der Waals surface area contributed by atoms with Crippen LogP contribution in [0.2, 0.25) is 0 Å². The van der Waals surface area contributed by atoms with Gasteiger partial charge in [-0.2, -0.15) is 4.39 Å². The van der Waals surface area contributed by atoms with E-state index in [1.807, 2.05) is 0 Å². The quantitative estimate of drug-likeness (QED) is 0.438. The lowest BCUT2D eigenvalue weighted by atomic mass is 10.1. The molecule has 0 saturated heterocycles. The van der Waals surface area contributed by atoms with E-state index in [0.717, 1.165) is 11.4 Å². The van der Waals surface area contributed by atoms with E-state index in [1.165, 1.54) is 12.3 Å².